The van der Waals surface area contributed by atoms with Crippen LogP contribution in [-0.4, -0.2) is 19.3 Å². The van der Waals surface area contributed by atoms with E-state index in [2.05, 4.69) is 6.58 Å². The minimum absolute atomic E-state index is 0.0564. The summed E-state index contributed by atoms with van der Waals surface area (Å²) in [6, 6.07) is 6.71. The molecule has 2 nitrogen and oxygen atoms in total. The van der Waals surface area contributed by atoms with Crippen LogP contribution in [0.4, 0.5) is 26.3 Å². The Morgan fingerprint density at radius 1 is 0.769 bits per heavy atom. The Hall–Kier alpha value is -3.26. The number of ether oxygens (including phenoxy) is 2. The Morgan fingerprint density at radius 2 is 1.33 bits per heavy atom. The highest BCUT2D eigenvalue weighted by Crippen LogP contribution is 2.37. The number of hydrogen-bond acceptors (Lipinski definition) is 2. The first kappa shape index (κ1) is 28.7. The molecule has 208 valence electrons. The number of hydrogen-bond donors (Lipinski definition) is 0. The smallest absolute Gasteiger partial charge is 0.201 e. The van der Waals surface area contributed by atoms with Crippen LogP contribution in [0.25, 0.3) is 22.3 Å². The van der Waals surface area contributed by atoms with Crippen LogP contribution in [0.3, 0.4) is 0 Å². The van der Waals surface area contributed by atoms with Gasteiger partial charge in [-0.05, 0) is 69.1 Å². The molecule has 1 fully saturated rings. The highest BCUT2D eigenvalue weighted by atomic mass is 19.2. The first-order valence-electron chi connectivity index (χ1n) is 13.1. The summed E-state index contributed by atoms with van der Waals surface area (Å²) in [4.78, 5) is 0. The SMILES string of the molecule is C=CCCC1CCC(CCc2ccc(-c3ccc(-c4ccc(OCC)c(F)c4F)c(F)c3F)c(F)c2F)OC1. The number of aryl methyl sites for hydroxylation is 1. The normalized spacial score (nSPS) is 17.3. The van der Waals surface area contributed by atoms with Gasteiger partial charge >= 0.3 is 0 Å². The predicted molar refractivity (Wildman–Crippen MR) is 138 cm³/mol. The lowest BCUT2D eigenvalue weighted by Gasteiger charge is -2.29. The maximum atomic E-state index is 15.1. The lowest BCUT2D eigenvalue weighted by atomic mass is 9.91. The van der Waals surface area contributed by atoms with Crippen LogP contribution < -0.4 is 4.74 Å². The summed E-state index contributed by atoms with van der Waals surface area (Å²) < 4.78 is 99.7. The molecule has 0 aromatic heterocycles. The zero-order valence-electron chi connectivity index (χ0n) is 21.6. The average molecular weight is 549 g/mol. The minimum atomic E-state index is -1.51. The standard InChI is InChI=1S/C31H30F6O2/c1-3-5-6-18-7-10-20(39-17-18)11-8-19-9-12-21(27(33)26(19)32)22-13-14-23(29(35)28(22)34)24-15-16-25(38-4-2)31(37)30(24)36/h3,9,12-16,18,20H,1,4-8,10-11,17H2,2H3. The van der Waals surface area contributed by atoms with Crippen molar-refractivity contribution in [1.29, 1.82) is 0 Å². The van der Waals surface area contributed by atoms with Crippen LogP contribution in [0.15, 0.2) is 49.1 Å². The molecule has 1 heterocycles. The topological polar surface area (TPSA) is 18.5 Å². The van der Waals surface area contributed by atoms with Crippen LogP contribution in [-0.2, 0) is 11.2 Å². The largest absolute Gasteiger partial charge is 0.491 e. The molecule has 1 saturated heterocycles. The van der Waals surface area contributed by atoms with Gasteiger partial charge in [0, 0.05) is 28.9 Å². The van der Waals surface area contributed by atoms with Gasteiger partial charge < -0.3 is 9.47 Å². The fourth-order valence-electron chi connectivity index (χ4n) is 4.95. The van der Waals surface area contributed by atoms with Crippen molar-refractivity contribution in [2.24, 2.45) is 5.92 Å². The van der Waals surface area contributed by atoms with Gasteiger partial charge in [0.25, 0.3) is 0 Å². The van der Waals surface area contributed by atoms with Gasteiger partial charge in [-0.25, -0.2) is 22.0 Å². The summed E-state index contributed by atoms with van der Waals surface area (Å²) in [5.74, 6) is -8.12. The molecule has 0 radical (unpaired) electrons. The summed E-state index contributed by atoms with van der Waals surface area (Å²) in [6.45, 7) is 6.02. The van der Waals surface area contributed by atoms with Crippen LogP contribution in [0.2, 0.25) is 0 Å². The lowest BCUT2D eigenvalue weighted by molar-refractivity contribution is -0.0212. The molecule has 3 aromatic carbocycles. The summed E-state index contributed by atoms with van der Waals surface area (Å²) in [5.41, 5.74) is -1.99. The van der Waals surface area contributed by atoms with Gasteiger partial charge in [0.15, 0.2) is 34.8 Å². The van der Waals surface area contributed by atoms with E-state index in [9.17, 15) is 17.6 Å². The molecule has 2 atom stereocenters. The molecule has 0 amide bonds. The van der Waals surface area contributed by atoms with Gasteiger partial charge in [0.1, 0.15) is 0 Å². The summed E-state index contributed by atoms with van der Waals surface area (Å²) >= 11 is 0. The van der Waals surface area contributed by atoms with Gasteiger partial charge in [0.2, 0.25) is 5.82 Å². The van der Waals surface area contributed by atoms with E-state index in [4.69, 9.17) is 9.47 Å². The molecule has 0 spiro atoms. The van der Waals surface area contributed by atoms with Gasteiger partial charge in [-0.1, -0.05) is 30.3 Å². The van der Waals surface area contributed by atoms with E-state index in [1.807, 2.05) is 6.08 Å². The molecule has 0 aliphatic carbocycles. The predicted octanol–water partition coefficient (Wildman–Crippen LogP) is 8.95. The van der Waals surface area contributed by atoms with Crippen LogP contribution in [0.1, 0.15) is 44.6 Å². The molecular formula is C31H30F6O2. The Balaban J connectivity index is 1.52. The van der Waals surface area contributed by atoms with Gasteiger partial charge in [0.05, 0.1) is 12.7 Å². The molecule has 2 unspecified atom stereocenters. The zero-order chi connectivity index (χ0) is 28.1. The van der Waals surface area contributed by atoms with E-state index < -0.39 is 57.2 Å². The second-order valence-electron chi connectivity index (χ2n) is 9.66. The van der Waals surface area contributed by atoms with Gasteiger partial charge in [-0.3, -0.25) is 0 Å². The Labute approximate surface area is 224 Å². The fourth-order valence-corrected chi connectivity index (χ4v) is 4.95. The maximum Gasteiger partial charge on any atom is 0.201 e. The fraction of sp³-hybridized carbons (Fsp3) is 0.355. The third-order valence-corrected chi connectivity index (χ3v) is 7.15. The summed E-state index contributed by atoms with van der Waals surface area (Å²) in [6.07, 6.45) is 6.34. The second kappa shape index (κ2) is 12.7. The van der Waals surface area contributed by atoms with Crippen molar-refractivity contribution in [2.45, 2.75) is 51.6 Å². The Bertz CT molecular complexity index is 1330. The van der Waals surface area contributed by atoms with E-state index in [0.29, 0.717) is 18.9 Å². The number of halogens is 6. The van der Waals surface area contributed by atoms with E-state index in [-0.39, 0.29) is 30.4 Å². The highest BCUT2D eigenvalue weighted by molar-refractivity contribution is 5.73. The first-order chi connectivity index (χ1) is 18.8. The van der Waals surface area contributed by atoms with E-state index in [0.717, 1.165) is 49.9 Å². The van der Waals surface area contributed by atoms with Crippen LogP contribution in [0, 0.1) is 40.8 Å². The Morgan fingerprint density at radius 3 is 1.90 bits per heavy atom. The van der Waals surface area contributed by atoms with Gasteiger partial charge in [-0.2, -0.15) is 4.39 Å². The van der Waals surface area contributed by atoms with Crippen molar-refractivity contribution in [3.05, 3.63) is 89.5 Å². The first-order valence-corrected chi connectivity index (χ1v) is 13.1. The summed E-state index contributed by atoms with van der Waals surface area (Å²) in [7, 11) is 0. The van der Waals surface area contributed by atoms with Crippen molar-refractivity contribution in [3.63, 3.8) is 0 Å². The minimum Gasteiger partial charge on any atom is -0.491 e. The molecule has 39 heavy (non-hydrogen) atoms. The van der Waals surface area contributed by atoms with Crippen molar-refractivity contribution < 1.29 is 35.8 Å². The molecule has 4 rings (SSSR count). The van der Waals surface area contributed by atoms with E-state index in [1.165, 1.54) is 12.1 Å². The number of allylic oxidation sites excluding steroid dienone is 1. The van der Waals surface area contributed by atoms with E-state index >= 15 is 8.78 Å². The van der Waals surface area contributed by atoms with Crippen molar-refractivity contribution in [1.82, 2.24) is 0 Å². The number of benzene rings is 3. The third-order valence-electron chi connectivity index (χ3n) is 7.15. The monoisotopic (exact) mass is 548 g/mol. The van der Waals surface area contributed by atoms with Crippen molar-refractivity contribution in [3.8, 4) is 28.0 Å². The zero-order valence-corrected chi connectivity index (χ0v) is 21.6. The van der Waals surface area contributed by atoms with Crippen LogP contribution >= 0.6 is 0 Å². The maximum absolute atomic E-state index is 15.1. The van der Waals surface area contributed by atoms with Gasteiger partial charge in [-0.15, -0.1) is 6.58 Å². The second-order valence-corrected chi connectivity index (χ2v) is 9.66. The molecule has 3 aromatic rings. The quantitative estimate of drug-likeness (QED) is 0.186. The Kier molecular flexibility index (Phi) is 9.38. The third kappa shape index (κ3) is 6.16. The summed E-state index contributed by atoms with van der Waals surface area (Å²) in [5, 5.41) is 0. The number of rotatable bonds is 10. The molecule has 0 N–H and O–H groups in total. The highest BCUT2D eigenvalue weighted by Gasteiger charge is 2.25. The molecule has 1 aliphatic heterocycles. The molecule has 0 saturated carbocycles. The van der Waals surface area contributed by atoms with Crippen molar-refractivity contribution >= 4 is 0 Å². The average Bonchev–Trinajstić information content (AvgIpc) is 2.94. The van der Waals surface area contributed by atoms with Crippen molar-refractivity contribution in [2.75, 3.05) is 13.2 Å². The molecular weight excluding hydrogens is 518 g/mol. The van der Waals surface area contributed by atoms with Crippen LogP contribution in [0.5, 0.6) is 5.75 Å². The molecule has 8 heteroatoms. The molecule has 1 aliphatic rings. The lowest BCUT2D eigenvalue weighted by Crippen LogP contribution is -2.26. The van der Waals surface area contributed by atoms with E-state index in [1.54, 1.807) is 6.92 Å². The molecule has 0 bridgehead atoms.